The molecular weight excluding hydrogens is 383 g/mol. The number of hydrogen-bond acceptors (Lipinski definition) is 3. The molecule has 0 N–H and O–H groups in total. The molecule has 3 nitrogen and oxygen atoms in total. The molecule has 0 saturated carbocycles. The first-order valence-corrected chi connectivity index (χ1v) is 9.50. The maximum Gasteiger partial charge on any atom is 0.345 e. The van der Waals surface area contributed by atoms with Crippen LogP contribution < -0.4 is 9.47 Å². The van der Waals surface area contributed by atoms with Crippen LogP contribution >= 0.6 is 23.2 Å². The molecule has 0 atom stereocenters. The first-order chi connectivity index (χ1) is 12.3. The van der Waals surface area contributed by atoms with Gasteiger partial charge in [-0.2, -0.15) is 0 Å². The van der Waals surface area contributed by atoms with Crippen molar-refractivity contribution in [3.05, 3.63) is 57.1 Å². The molecule has 0 aliphatic carbocycles. The number of carbonyl (C=O) groups excluding carboxylic acids is 1. The van der Waals surface area contributed by atoms with Crippen molar-refractivity contribution in [2.24, 2.45) is 0 Å². The number of ether oxygens (including phenoxy) is 2. The van der Waals surface area contributed by atoms with E-state index in [9.17, 15) is 4.79 Å². The van der Waals surface area contributed by atoms with Gasteiger partial charge in [-0.1, -0.05) is 64.7 Å². The van der Waals surface area contributed by atoms with Crippen molar-refractivity contribution in [2.75, 3.05) is 7.11 Å². The summed E-state index contributed by atoms with van der Waals surface area (Å²) in [6.07, 6.45) is 0. The lowest BCUT2D eigenvalue weighted by molar-refractivity contribution is 0.0728. The lowest BCUT2D eigenvalue weighted by atomic mass is 9.79. The van der Waals surface area contributed by atoms with Gasteiger partial charge in [0.25, 0.3) is 0 Å². The monoisotopic (exact) mass is 408 g/mol. The Morgan fingerprint density at radius 1 is 0.889 bits per heavy atom. The van der Waals surface area contributed by atoms with Gasteiger partial charge in [0.15, 0.2) is 0 Å². The van der Waals surface area contributed by atoms with Gasteiger partial charge in [-0.3, -0.25) is 0 Å². The average molecular weight is 409 g/mol. The zero-order chi connectivity index (χ0) is 20.6. The Balaban J connectivity index is 2.66. The highest BCUT2D eigenvalue weighted by molar-refractivity contribution is 6.35. The van der Waals surface area contributed by atoms with Gasteiger partial charge in [-0.25, -0.2) is 4.79 Å². The quantitative estimate of drug-likeness (QED) is 0.412. The Labute approximate surface area is 171 Å². The van der Waals surface area contributed by atoms with Crippen LogP contribution in [0, 0.1) is 0 Å². The van der Waals surface area contributed by atoms with Crippen LogP contribution in [0.25, 0.3) is 0 Å². The molecule has 0 aliphatic rings. The number of rotatable bonds is 3. The van der Waals surface area contributed by atoms with Gasteiger partial charge in [0, 0.05) is 16.1 Å². The molecule has 0 saturated heterocycles. The summed E-state index contributed by atoms with van der Waals surface area (Å²) in [5.74, 6) is 0.728. The van der Waals surface area contributed by atoms with Crippen LogP contribution in [0.4, 0.5) is 0 Å². The predicted molar refractivity (Wildman–Crippen MR) is 112 cm³/mol. The first-order valence-electron chi connectivity index (χ1n) is 8.75. The normalized spacial score (nSPS) is 12.0. The molecule has 0 bridgehead atoms. The van der Waals surface area contributed by atoms with E-state index in [2.05, 4.69) is 41.5 Å². The standard InChI is InChI=1S/C22H26Cl2O3/c1-21(2,3)16-11-14(26-7)12-17(22(4,5)6)19(16)27-20(25)15-10-13(23)8-9-18(15)24/h8-12H,1-7H3. The van der Waals surface area contributed by atoms with Crippen LogP contribution in [0.1, 0.15) is 63.0 Å². The molecule has 0 aromatic heterocycles. The van der Waals surface area contributed by atoms with Crippen LogP contribution in [0.15, 0.2) is 30.3 Å². The van der Waals surface area contributed by atoms with Gasteiger partial charge in [-0.05, 0) is 41.2 Å². The maximum absolute atomic E-state index is 12.9. The molecule has 5 heteroatoms. The van der Waals surface area contributed by atoms with Gasteiger partial charge < -0.3 is 9.47 Å². The number of benzene rings is 2. The molecule has 0 heterocycles. The third-order valence-electron chi connectivity index (χ3n) is 4.26. The van der Waals surface area contributed by atoms with Crippen molar-refractivity contribution in [1.29, 1.82) is 0 Å². The van der Waals surface area contributed by atoms with Crippen molar-refractivity contribution >= 4 is 29.2 Å². The van der Waals surface area contributed by atoms with E-state index in [0.717, 1.165) is 16.9 Å². The van der Waals surface area contributed by atoms with E-state index in [-0.39, 0.29) is 16.4 Å². The minimum Gasteiger partial charge on any atom is -0.497 e. The van der Waals surface area contributed by atoms with Gasteiger partial charge in [-0.15, -0.1) is 0 Å². The second-order valence-corrected chi connectivity index (χ2v) is 9.41. The van der Waals surface area contributed by atoms with E-state index < -0.39 is 5.97 Å². The Bertz CT molecular complexity index is 824. The lowest BCUT2D eigenvalue weighted by Gasteiger charge is -2.29. The second-order valence-electron chi connectivity index (χ2n) is 8.57. The van der Waals surface area contributed by atoms with Crippen LogP contribution in [0.2, 0.25) is 10.0 Å². The van der Waals surface area contributed by atoms with Crippen molar-refractivity contribution in [2.45, 2.75) is 52.4 Å². The zero-order valence-electron chi connectivity index (χ0n) is 16.9. The fourth-order valence-electron chi connectivity index (χ4n) is 2.75. The summed E-state index contributed by atoms with van der Waals surface area (Å²) < 4.78 is 11.4. The molecule has 0 fully saturated rings. The van der Waals surface area contributed by atoms with E-state index in [0.29, 0.717) is 15.8 Å². The fraction of sp³-hybridized carbons (Fsp3) is 0.409. The number of esters is 1. The smallest absolute Gasteiger partial charge is 0.345 e. The van der Waals surface area contributed by atoms with Gasteiger partial charge in [0.1, 0.15) is 11.5 Å². The van der Waals surface area contributed by atoms with Crippen LogP contribution in [-0.4, -0.2) is 13.1 Å². The molecule has 0 aliphatic heterocycles. The summed E-state index contributed by atoms with van der Waals surface area (Å²) in [6.45, 7) is 12.4. The minimum absolute atomic E-state index is 0.236. The van der Waals surface area contributed by atoms with Crippen molar-refractivity contribution in [3.63, 3.8) is 0 Å². The Hall–Kier alpha value is -1.71. The third-order valence-corrected chi connectivity index (χ3v) is 4.82. The maximum atomic E-state index is 12.9. The summed E-state index contributed by atoms with van der Waals surface area (Å²) >= 11 is 12.2. The average Bonchev–Trinajstić information content (AvgIpc) is 2.55. The van der Waals surface area contributed by atoms with Crippen molar-refractivity contribution in [3.8, 4) is 11.5 Å². The Morgan fingerprint density at radius 2 is 1.41 bits per heavy atom. The lowest BCUT2D eigenvalue weighted by Crippen LogP contribution is -2.22. The molecular formula is C22H26Cl2O3. The molecule has 2 rings (SSSR count). The van der Waals surface area contributed by atoms with E-state index in [1.807, 2.05) is 12.1 Å². The van der Waals surface area contributed by atoms with Crippen molar-refractivity contribution < 1.29 is 14.3 Å². The van der Waals surface area contributed by atoms with Gasteiger partial charge >= 0.3 is 5.97 Å². The summed E-state index contributed by atoms with van der Waals surface area (Å²) in [7, 11) is 1.63. The fourth-order valence-corrected chi connectivity index (χ4v) is 3.11. The summed E-state index contributed by atoms with van der Waals surface area (Å²) in [6, 6.07) is 8.57. The number of methoxy groups -OCH3 is 1. The van der Waals surface area contributed by atoms with E-state index >= 15 is 0 Å². The highest BCUT2D eigenvalue weighted by atomic mass is 35.5. The van der Waals surface area contributed by atoms with Crippen LogP contribution in [0.5, 0.6) is 11.5 Å². The SMILES string of the molecule is COc1cc(C(C)(C)C)c(OC(=O)c2cc(Cl)ccc2Cl)c(C(C)(C)C)c1. The van der Waals surface area contributed by atoms with E-state index in [4.69, 9.17) is 32.7 Å². The molecule has 2 aromatic rings. The Morgan fingerprint density at radius 3 is 1.85 bits per heavy atom. The highest BCUT2D eigenvalue weighted by Crippen LogP contribution is 2.43. The molecule has 0 spiro atoms. The summed E-state index contributed by atoms with van der Waals surface area (Å²) in [5.41, 5.74) is 1.49. The van der Waals surface area contributed by atoms with Crippen LogP contribution in [-0.2, 0) is 10.8 Å². The molecule has 2 aromatic carbocycles. The summed E-state index contributed by atoms with van der Waals surface area (Å²) in [4.78, 5) is 12.9. The van der Waals surface area contributed by atoms with Gasteiger partial charge in [0.2, 0.25) is 0 Å². The van der Waals surface area contributed by atoms with Crippen LogP contribution in [0.3, 0.4) is 0 Å². The van der Waals surface area contributed by atoms with Gasteiger partial charge in [0.05, 0.1) is 17.7 Å². The third kappa shape index (κ3) is 4.97. The molecule has 27 heavy (non-hydrogen) atoms. The number of hydrogen-bond donors (Lipinski definition) is 0. The highest BCUT2D eigenvalue weighted by Gasteiger charge is 2.30. The molecule has 0 amide bonds. The molecule has 0 unspecified atom stereocenters. The minimum atomic E-state index is -0.538. The zero-order valence-corrected chi connectivity index (χ0v) is 18.4. The second kappa shape index (κ2) is 7.73. The first kappa shape index (κ1) is 21.6. The van der Waals surface area contributed by atoms with Crippen molar-refractivity contribution in [1.82, 2.24) is 0 Å². The largest absolute Gasteiger partial charge is 0.497 e. The number of carbonyl (C=O) groups is 1. The van der Waals surface area contributed by atoms with E-state index in [1.54, 1.807) is 19.2 Å². The summed E-state index contributed by atoms with van der Waals surface area (Å²) in [5, 5.41) is 0.723. The molecule has 0 radical (unpaired) electrons. The number of halogens is 2. The topological polar surface area (TPSA) is 35.5 Å². The predicted octanol–water partition coefficient (Wildman–Crippen LogP) is 6.82. The molecule has 146 valence electrons. The van der Waals surface area contributed by atoms with E-state index in [1.165, 1.54) is 6.07 Å². The Kier molecular flexibility index (Phi) is 6.18.